The number of hydrogen-bond acceptors (Lipinski definition) is 6. The topological polar surface area (TPSA) is 103 Å². The summed E-state index contributed by atoms with van der Waals surface area (Å²) in [6.45, 7) is -0.591. The summed E-state index contributed by atoms with van der Waals surface area (Å²) >= 11 is 0. The number of urea groups is 1. The van der Waals surface area contributed by atoms with Crippen LogP contribution in [0.5, 0.6) is 11.5 Å². The number of rotatable bonds is 5. The summed E-state index contributed by atoms with van der Waals surface area (Å²) in [7, 11) is 4.21. The average Bonchev–Trinajstić information content (AvgIpc) is 2.51. The van der Waals surface area contributed by atoms with E-state index in [0.29, 0.717) is 5.75 Å². The summed E-state index contributed by atoms with van der Waals surface area (Å²) < 4.78 is 14.8. The molecule has 0 aliphatic rings. The lowest BCUT2D eigenvalue weighted by Gasteiger charge is -2.10. The zero-order valence-corrected chi connectivity index (χ0v) is 11.9. The molecule has 1 aromatic carbocycles. The van der Waals surface area contributed by atoms with Crippen molar-refractivity contribution in [3.8, 4) is 11.5 Å². The van der Waals surface area contributed by atoms with Crippen molar-refractivity contribution in [1.29, 1.82) is 0 Å². The van der Waals surface area contributed by atoms with Crippen LogP contribution in [0.2, 0.25) is 0 Å². The van der Waals surface area contributed by atoms with Gasteiger partial charge in [-0.15, -0.1) is 0 Å². The molecule has 0 spiro atoms. The van der Waals surface area contributed by atoms with Gasteiger partial charge in [-0.25, -0.2) is 9.59 Å². The summed E-state index contributed by atoms with van der Waals surface area (Å²) in [6, 6.07) is 3.90. The first-order chi connectivity index (χ1) is 10.0. The van der Waals surface area contributed by atoms with E-state index in [4.69, 9.17) is 14.2 Å². The number of carbonyl (C=O) groups is 3. The maximum absolute atomic E-state index is 11.9. The van der Waals surface area contributed by atoms with E-state index in [1.807, 2.05) is 5.32 Å². The molecular formula is C13H16N2O6. The highest BCUT2D eigenvalue weighted by Gasteiger charge is 2.17. The fraction of sp³-hybridized carbons (Fsp3) is 0.308. The van der Waals surface area contributed by atoms with Crippen molar-refractivity contribution in [3.05, 3.63) is 23.8 Å². The van der Waals surface area contributed by atoms with Gasteiger partial charge in [-0.3, -0.25) is 10.1 Å². The van der Waals surface area contributed by atoms with Crippen LogP contribution in [0.15, 0.2) is 18.2 Å². The molecule has 0 aromatic heterocycles. The van der Waals surface area contributed by atoms with Crippen molar-refractivity contribution in [3.63, 3.8) is 0 Å². The zero-order valence-electron chi connectivity index (χ0n) is 11.9. The number of amides is 3. The molecular weight excluding hydrogens is 280 g/mol. The second-order valence-electron chi connectivity index (χ2n) is 3.77. The van der Waals surface area contributed by atoms with Crippen LogP contribution in [-0.4, -0.2) is 45.8 Å². The highest BCUT2D eigenvalue weighted by atomic mass is 16.5. The lowest BCUT2D eigenvalue weighted by molar-refractivity contribution is -0.123. The third-order valence-corrected chi connectivity index (χ3v) is 2.44. The van der Waals surface area contributed by atoms with Crippen LogP contribution >= 0.6 is 0 Å². The van der Waals surface area contributed by atoms with E-state index in [1.165, 1.54) is 27.3 Å². The van der Waals surface area contributed by atoms with E-state index in [-0.39, 0.29) is 11.3 Å². The monoisotopic (exact) mass is 296 g/mol. The van der Waals surface area contributed by atoms with E-state index in [2.05, 4.69) is 5.32 Å². The van der Waals surface area contributed by atoms with Crippen molar-refractivity contribution < 1.29 is 28.6 Å². The number of esters is 1. The van der Waals surface area contributed by atoms with Gasteiger partial charge in [-0.1, -0.05) is 0 Å². The molecule has 0 atom stereocenters. The van der Waals surface area contributed by atoms with Crippen LogP contribution in [0.25, 0.3) is 0 Å². The van der Waals surface area contributed by atoms with Gasteiger partial charge in [0.05, 0.1) is 14.2 Å². The Kier molecular flexibility index (Phi) is 5.99. The molecule has 0 saturated carbocycles. The number of hydrogen-bond donors (Lipinski definition) is 2. The summed E-state index contributed by atoms with van der Waals surface area (Å²) in [5.74, 6) is -0.785. The van der Waals surface area contributed by atoms with Crippen LogP contribution < -0.4 is 20.1 Å². The van der Waals surface area contributed by atoms with Crippen LogP contribution in [0.4, 0.5) is 4.79 Å². The third-order valence-electron chi connectivity index (χ3n) is 2.44. The van der Waals surface area contributed by atoms with Crippen LogP contribution in [0.3, 0.4) is 0 Å². The molecule has 0 aliphatic carbocycles. The van der Waals surface area contributed by atoms with Gasteiger partial charge in [-0.05, 0) is 18.2 Å². The van der Waals surface area contributed by atoms with Gasteiger partial charge in [0, 0.05) is 7.05 Å². The number of carbonyl (C=O) groups excluding carboxylic acids is 3. The molecule has 114 valence electrons. The zero-order chi connectivity index (χ0) is 15.8. The predicted molar refractivity (Wildman–Crippen MR) is 72.4 cm³/mol. The Morgan fingerprint density at radius 1 is 1.14 bits per heavy atom. The number of nitrogens with one attached hydrogen (secondary N) is 2. The minimum Gasteiger partial charge on any atom is -0.497 e. The van der Waals surface area contributed by atoms with Gasteiger partial charge in [0.25, 0.3) is 5.91 Å². The number of ether oxygens (including phenoxy) is 3. The van der Waals surface area contributed by atoms with Gasteiger partial charge in [0.2, 0.25) is 0 Å². The lowest BCUT2D eigenvalue weighted by atomic mass is 10.2. The van der Waals surface area contributed by atoms with Crippen LogP contribution in [0.1, 0.15) is 10.4 Å². The van der Waals surface area contributed by atoms with Crippen molar-refractivity contribution in [2.75, 3.05) is 27.9 Å². The minimum absolute atomic E-state index is 0.115. The van der Waals surface area contributed by atoms with E-state index in [9.17, 15) is 14.4 Å². The molecule has 8 heteroatoms. The third kappa shape index (κ3) is 4.68. The summed E-state index contributed by atoms with van der Waals surface area (Å²) in [5.41, 5.74) is 0.115. The molecule has 0 fully saturated rings. The molecule has 0 aliphatic heterocycles. The second-order valence-corrected chi connectivity index (χ2v) is 3.77. The Morgan fingerprint density at radius 2 is 1.86 bits per heavy atom. The molecule has 0 heterocycles. The van der Waals surface area contributed by atoms with Gasteiger partial charge >= 0.3 is 12.0 Å². The molecule has 8 nitrogen and oxygen atoms in total. The smallest absolute Gasteiger partial charge is 0.342 e. The first-order valence-corrected chi connectivity index (χ1v) is 5.92. The summed E-state index contributed by atoms with van der Waals surface area (Å²) in [4.78, 5) is 34.1. The minimum atomic E-state index is -0.766. The number of imide groups is 1. The van der Waals surface area contributed by atoms with Crippen LogP contribution in [-0.2, 0) is 9.53 Å². The van der Waals surface area contributed by atoms with E-state index in [0.717, 1.165) is 0 Å². The largest absolute Gasteiger partial charge is 0.497 e. The Balaban J connectivity index is 2.71. The van der Waals surface area contributed by atoms with Crippen molar-refractivity contribution in [2.24, 2.45) is 0 Å². The molecule has 1 aromatic rings. The maximum atomic E-state index is 11.9. The number of benzene rings is 1. The lowest BCUT2D eigenvalue weighted by Crippen LogP contribution is -2.39. The highest BCUT2D eigenvalue weighted by Crippen LogP contribution is 2.24. The average molecular weight is 296 g/mol. The van der Waals surface area contributed by atoms with E-state index >= 15 is 0 Å². The molecule has 3 amide bonds. The predicted octanol–water partition coefficient (Wildman–Crippen LogP) is 0.316. The fourth-order valence-corrected chi connectivity index (χ4v) is 1.41. The van der Waals surface area contributed by atoms with Gasteiger partial charge in [-0.2, -0.15) is 0 Å². The number of methoxy groups -OCH3 is 2. The second kappa shape index (κ2) is 7.73. The van der Waals surface area contributed by atoms with Gasteiger partial charge in [0.15, 0.2) is 6.61 Å². The summed E-state index contributed by atoms with van der Waals surface area (Å²) in [6.07, 6.45) is 0. The van der Waals surface area contributed by atoms with Crippen molar-refractivity contribution >= 4 is 17.9 Å². The van der Waals surface area contributed by atoms with Gasteiger partial charge < -0.3 is 19.5 Å². The Morgan fingerprint density at radius 3 is 2.43 bits per heavy atom. The normalized spacial score (nSPS) is 9.48. The van der Waals surface area contributed by atoms with Crippen LogP contribution in [0, 0.1) is 0 Å². The molecule has 0 radical (unpaired) electrons. The van der Waals surface area contributed by atoms with Crippen molar-refractivity contribution in [2.45, 2.75) is 0 Å². The standard InChI is InChI=1S/C13H16N2O6/c1-14-13(18)15-11(16)7-21-12(17)9-6-8(19-2)4-5-10(9)20-3/h4-6H,7H2,1-3H3,(H2,14,15,16,18). The first kappa shape index (κ1) is 16.3. The molecule has 1 rings (SSSR count). The molecule has 0 bridgehead atoms. The summed E-state index contributed by atoms with van der Waals surface area (Å²) in [5, 5.41) is 4.17. The fourth-order valence-electron chi connectivity index (χ4n) is 1.41. The maximum Gasteiger partial charge on any atom is 0.342 e. The quantitative estimate of drug-likeness (QED) is 0.758. The SMILES string of the molecule is CNC(=O)NC(=O)COC(=O)c1cc(OC)ccc1OC. The molecule has 2 N–H and O–H groups in total. The Labute approximate surface area is 121 Å². The Hall–Kier alpha value is -2.77. The molecule has 0 unspecified atom stereocenters. The van der Waals surface area contributed by atoms with E-state index < -0.39 is 24.5 Å². The highest BCUT2D eigenvalue weighted by molar-refractivity contribution is 5.97. The Bertz CT molecular complexity index is 543. The van der Waals surface area contributed by atoms with E-state index in [1.54, 1.807) is 12.1 Å². The van der Waals surface area contributed by atoms with Gasteiger partial charge in [0.1, 0.15) is 17.1 Å². The molecule has 21 heavy (non-hydrogen) atoms. The first-order valence-electron chi connectivity index (χ1n) is 5.92. The molecule has 0 saturated heterocycles. The van der Waals surface area contributed by atoms with Crippen molar-refractivity contribution in [1.82, 2.24) is 10.6 Å².